The minimum absolute atomic E-state index is 0.0838. The third-order valence-electron chi connectivity index (χ3n) is 3.45. The summed E-state index contributed by atoms with van der Waals surface area (Å²) in [5, 5.41) is 13.6. The minimum Gasteiger partial charge on any atom is -0.489 e. The van der Waals surface area contributed by atoms with Crippen LogP contribution >= 0.6 is 23.2 Å². The molecular formula is C18H21Cl2NO2. The number of aliphatic hydroxyl groups is 1. The Balaban J connectivity index is 1.95. The van der Waals surface area contributed by atoms with Crippen LogP contribution in [0.5, 0.6) is 5.75 Å². The van der Waals surface area contributed by atoms with Gasteiger partial charge in [-0.15, -0.1) is 0 Å². The van der Waals surface area contributed by atoms with E-state index in [1.54, 1.807) is 12.1 Å². The van der Waals surface area contributed by atoms with Gasteiger partial charge in [0.15, 0.2) is 0 Å². The van der Waals surface area contributed by atoms with Crippen LogP contribution < -0.4 is 10.1 Å². The Hall–Kier alpha value is -1.26. The van der Waals surface area contributed by atoms with Gasteiger partial charge in [-0.3, -0.25) is 0 Å². The van der Waals surface area contributed by atoms with Crippen LogP contribution in [0, 0.1) is 0 Å². The highest BCUT2D eigenvalue weighted by Gasteiger charge is 2.14. The average molecular weight is 354 g/mol. The van der Waals surface area contributed by atoms with Gasteiger partial charge in [-0.1, -0.05) is 41.4 Å². The molecule has 0 aliphatic rings. The van der Waals surface area contributed by atoms with Crippen molar-refractivity contribution < 1.29 is 9.84 Å². The van der Waals surface area contributed by atoms with Gasteiger partial charge in [-0.2, -0.15) is 0 Å². The summed E-state index contributed by atoms with van der Waals surface area (Å²) in [5.41, 5.74) is 1.75. The molecule has 0 atom stereocenters. The van der Waals surface area contributed by atoms with Crippen LogP contribution in [0.4, 0.5) is 0 Å². The molecule has 0 saturated carbocycles. The Morgan fingerprint density at radius 2 is 1.83 bits per heavy atom. The van der Waals surface area contributed by atoms with Crippen molar-refractivity contribution in [2.45, 2.75) is 32.5 Å². The highest BCUT2D eigenvalue weighted by atomic mass is 35.5. The Bertz CT molecular complexity index is 659. The summed E-state index contributed by atoms with van der Waals surface area (Å²) in [6.45, 7) is 5.09. The first-order chi connectivity index (χ1) is 10.9. The smallest absolute Gasteiger partial charge is 0.120 e. The second kappa shape index (κ2) is 8.02. The van der Waals surface area contributed by atoms with Crippen molar-refractivity contribution in [2.24, 2.45) is 0 Å². The van der Waals surface area contributed by atoms with Crippen molar-refractivity contribution in [3.05, 3.63) is 63.6 Å². The van der Waals surface area contributed by atoms with Gasteiger partial charge in [-0.25, -0.2) is 0 Å². The molecular weight excluding hydrogens is 333 g/mol. The lowest BCUT2D eigenvalue weighted by atomic mass is 10.1. The van der Waals surface area contributed by atoms with E-state index < -0.39 is 0 Å². The molecule has 124 valence electrons. The maximum absolute atomic E-state index is 9.27. The molecule has 5 heteroatoms. The lowest BCUT2D eigenvalue weighted by Crippen LogP contribution is -2.42. The van der Waals surface area contributed by atoms with Crippen molar-refractivity contribution >= 4 is 23.2 Å². The summed E-state index contributed by atoms with van der Waals surface area (Å²) in [7, 11) is 0. The Labute approximate surface area is 147 Å². The van der Waals surface area contributed by atoms with Crippen LogP contribution in [0.3, 0.4) is 0 Å². The van der Waals surface area contributed by atoms with Gasteiger partial charge < -0.3 is 15.2 Å². The molecule has 0 heterocycles. The monoisotopic (exact) mass is 353 g/mol. The number of aliphatic hydroxyl groups excluding tert-OH is 1. The fourth-order valence-electron chi connectivity index (χ4n) is 1.94. The van der Waals surface area contributed by atoms with E-state index in [0.717, 1.165) is 16.9 Å². The Kier molecular flexibility index (Phi) is 6.31. The van der Waals surface area contributed by atoms with Crippen LogP contribution in [-0.4, -0.2) is 17.3 Å². The van der Waals surface area contributed by atoms with Crippen LogP contribution in [0.2, 0.25) is 10.0 Å². The van der Waals surface area contributed by atoms with Crippen LogP contribution in [0.15, 0.2) is 42.5 Å². The molecule has 2 aromatic carbocycles. The zero-order chi connectivity index (χ0) is 16.9. The van der Waals surface area contributed by atoms with E-state index in [0.29, 0.717) is 23.2 Å². The van der Waals surface area contributed by atoms with E-state index in [-0.39, 0.29) is 12.1 Å². The zero-order valence-electron chi connectivity index (χ0n) is 13.3. The molecule has 0 spiro atoms. The number of halogens is 2. The normalized spacial score (nSPS) is 11.5. The zero-order valence-corrected chi connectivity index (χ0v) is 14.8. The second-order valence-corrected chi connectivity index (χ2v) is 6.89. The molecule has 23 heavy (non-hydrogen) atoms. The lowest BCUT2D eigenvalue weighted by Gasteiger charge is -2.23. The van der Waals surface area contributed by atoms with Gasteiger partial charge in [0.25, 0.3) is 0 Å². The van der Waals surface area contributed by atoms with E-state index in [1.807, 2.05) is 44.2 Å². The second-order valence-electron chi connectivity index (χ2n) is 6.08. The first kappa shape index (κ1) is 18.1. The number of hydrogen-bond acceptors (Lipinski definition) is 3. The van der Waals surface area contributed by atoms with Crippen LogP contribution in [0.25, 0.3) is 0 Å². The molecule has 0 fully saturated rings. The van der Waals surface area contributed by atoms with Crippen molar-refractivity contribution in [3.8, 4) is 5.75 Å². The van der Waals surface area contributed by atoms with E-state index in [1.165, 1.54) is 0 Å². The number of hydrogen-bond donors (Lipinski definition) is 2. The maximum atomic E-state index is 9.27. The summed E-state index contributed by atoms with van der Waals surface area (Å²) < 4.78 is 5.81. The Morgan fingerprint density at radius 1 is 1.04 bits per heavy atom. The molecule has 2 N–H and O–H groups in total. The Morgan fingerprint density at radius 3 is 2.52 bits per heavy atom. The summed E-state index contributed by atoms with van der Waals surface area (Å²) in [6.07, 6.45) is 0. The molecule has 2 rings (SSSR count). The van der Waals surface area contributed by atoms with E-state index in [2.05, 4.69) is 5.32 Å². The first-order valence-corrected chi connectivity index (χ1v) is 8.17. The number of benzene rings is 2. The van der Waals surface area contributed by atoms with E-state index in [9.17, 15) is 5.11 Å². The average Bonchev–Trinajstić information content (AvgIpc) is 2.55. The van der Waals surface area contributed by atoms with Gasteiger partial charge >= 0.3 is 0 Å². The first-order valence-electron chi connectivity index (χ1n) is 7.41. The molecule has 0 unspecified atom stereocenters. The molecule has 3 nitrogen and oxygen atoms in total. The summed E-state index contributed by atoms with van der Waals surface area (Å²) >= 11 is 11.9. The highest BCUT2D eigenvalue weighted by Crippen LogP contribution is 2.23. The highest BCUT2D eigenvalue weighted by molar-refractivity contribution is 6.42. The van der Waals surface area contributed by atoms with Crippen molar-refractivity contribution in [1.82, 2.24) is 5.32 Å². The van der Waals surface area contributed by atoms with Gasteiger partial charge in [0, 0.05) is 12.1 Å². The van der Waals surface area contributed by atoms with Gasteiger partial charge in [-0.05, 0) is 49.2 Å². The van der Waals surface area contributed by atoms with E-state index >= 15 is 0 Å². The van der Waals surface area contributed by atoms with Gasteiger partial charge in [0.05, 0.1) is 16.7 Å². The quantitative estimate of drug-likeness (QED) is 0.773. The standard InChI is InChI=1S/C18H21Cl2NO2/c1-18(2,12-22)21-10-13-4-3-5-15(8-13)23-11-14-6-7-16(19)17(20)9-14/h3-9,21-22H,10-12H2,1-2H3. The minimum atomic E-state index is -0.309. The molecule has 0 saturated heterocycles. The molecule has 0 aliphatic heterocycles. The molecule has 0 aromatic heterocycles. The topological polar surface area (TPSA) is 41.5 Å². The fraction of sp³-hybridized carbons (Fsp3) is 0.333. The molecule has 0 bridgehead atoms. The number of nitrogens with one attached hydrogen (secondary N) is 1. The predicted octanol–water partition coefficient (Wildman–Crippen LogP) is 4.43. The molecule has 0 aliphatic carbocycles. The SMILES string of the molecule is CC(C)(CO)NCc1cccc(OCc2ccc(Cl)c(Cl)c2)c1. The van der Waals surface area contributed by atoms with Crippen molar-refractivity contribution in [2.75, 3.05) is 6.61 Å². The third kappa shape index (κ3) is 5.70. The summed E-state index contributed by atoms with van der Waals surface area (Å²) in [5.74, 6) is 0.789. The lowest BCUT2D eigenvalue weighted by molar-refractivity contribution is 0.187. The van der Waals surface area contributed by atoms with E-state index in [4.69, 9.17) is 27.9 Å². The molecule has 2 aromatic rings. The van der Waals surface area contributed by atoms with Gasteiger partial charge in [0.1, 0.15) is 12.4 Å². The van der Waals surface area contributed by atoms with Gasteiger partial charge in [0.2, 0.25) is 0 Å². The predicted molar refractivity (Wildman–Crippen MR) is 95.2 cm³/mol. The molecule has 0 amide bonds. The largest absolute Gasteiger partial charge is 0.489 e. The number of ether oxygens (including phenoxy) is 1. The molecule has 0 radical (unpaired) electrons. The number of rotatable bonds is 7. The third-order valence-corrected chi connectivity index (χ3v) is 4.19. The maximum Gasteiger partial charge on any atom is 0.120 e. The summed E-state index contributed by atoms with van der Waals surface area (Å²) in [6, 6.07) is 13.3. The summed E-state index contributed by atoms with van der Waals surface area (Å²) in [4.78, 5) is 0. The fourth-order valence-corrected chi connectivity index (χ4v) is 2.26. The van der Waals surface area contributed by atoms with Crippen LogP contribution in [0.1, 0.15) is 25.0 Å². The van der Waals surface area contributed by atoms with Crippen molar-refractivity contribution in [3.63, 3.8) is 0 Å². The van der Waals surface area contributed by atoms with Crippen molar-refractivity contribution in [1.29, 1.82) is 0 Å². The van der Waals surface area contributed by atoms with Crippen LogP contribution in [-0.2, 0) is 13.2 Å².